The number of halogens is 9. The molecule has 2 atom stereocenters. The van der Waals surface area contributed by atoms with E-state index in [0.29, 0.717) is 12.0 Å². The quantitative estimate of drug-likeness (QED) is 0.233. The highest BCUT2D eigenvalue weighted by Crippen LogP contribution is 2.45. The van der Waals surface area contributed by atoms with Gasteiger partial charge in [-0.15, -0.1) is 13.2 Å². The molecule has 3 rings (SSSR count). The Balaban J connectivity index is 2.02. The van der Waals surface area contributed by atoms with Crippen LogP contribution in [0.2, 0.25) is 0 Å². The average Bonchev–Trinajstić information content (AvgIpc) is 2.83. The van der Waals surface area contributed by atoms with Crippen LogP contribution in [0.4, 0.5) is 39.5 Å². The van der Waals surface area contributed by atoms with E-state index in [1.165, 1.54) is 26.0 Å². The molecule has 0 fully saturated rings. The van der Waals surface area contributed by atoms with Crippen LogP contribution >= 0.6 is 0 Å². The van der Waals surface area contributed by atoms with E-state index in [2.05, 4.69) is 4.74 Å². The van der Waals surface area contributed by atoms with E-state index >= 15 is 0 Å². The molecular formula is C32H33F9O. The molecule has 0 saturated carbocycles. The Morgan fingerprint density at radius 1 is 0.643 bits per heavy atom. The summed E-state index contributed by atoms with van der Waals surface area (Å²) in [6, 6.07) is 11.1. The molecule has 3 aromatic carbocycles. The second kappa shape index (κ2) is 12.2. The smallest absolute Gasteiger partial charge is 0.405 e. The molecule has 0 aliphatic heterocycles. The summed E-state index contributed by atoms with van der Waals surface area (Å²) in [6.45, 7) is 9.70. The third kappa shape index (κ3) is 7.61. The number of rotatable bonds is 8. The molecule has 0 spiro atoms. The van der Waals surface area contributed by atoms with E-state index < -0.39 is 53.2 Å². The third-order valence-electron chi connectivity index (χ3n) is 7.56. The lowest BCUT2D eigenvalue weighted by atomic mass is 9.80. The maximum absolute atomic E-state index is 14.3. The first kappa shape index (κ1) is 33.3. The Hall–Kier alpha value is -3.17. The van der Waals surface area contributed by atoms with Crippen LogP contribution in [0.5, 0.6) is 5.75 Å². The van der Waals surface area contributed by atoms with E-state index in [9.17, 15) is 39.5 Å². The summed E-state index contributed by atoms with van der Waals surface area (Å²) in [5.74, 6) is -2.22. The van der Waals surface area contributed by atoms with E-state index in [-0.39, 0.29) is 17.7 Å². The van der Waals surface area contributed by atoms with Crippen molar-refractivity contribution in [2.45, 2.75) is 90.9 Å². The normalized spacial score (nSPS) is 14.3. The van der Waals surface area contributed by atoms with Crippen molar-refractivity contribution in [3.05, 3.63) is 98.6 Å². The average molecular weight is 605 g/mol. The van der Waals surface area contributed by atoms with Gasteiger partial charge < -0.3 is 4.74 Å². The minimum atomic E-state index is -5.00. The first-order valence-corrected chi connectivity index (χ1v) is 13.5. The molecule has 42 heavy (non-hydrogen) atoms. The largest absolute Gasteiger partial charge is 0.573 e. The van der Waals surface area contributed by atoms with Gasteiger partial charge in [0.2, 0.25) is 0 Å². The van der Waals surface area contributed by atoms with E-state index in [0.717, 1.165) is 34.4 Å². The van der Waals surface area contributed by atoms with Crippen molar-refractivity contribution in [3.8, 4) is 5.75 Å². The third-order valence-corrected chi connectivity index (χ3v) is 7.56. The second-order valence-electron chi connectivity index (χ2n) is 11.1. The maximum atomic E-state index is 14.3. The minimum Gasteiger partial charge on any atom is -0.405 e. The predicted molar refractivity (Wildman–Crippen MR) is 144 cm³/mol. The minimum absolute atomic E-state index is 0.157. The Kier molecular flexibility index (Phi) is 9.69. The van der Waals surface area contributed by atoms with Gasteiger partial charge in [0.25, 0.3) is 0 Å². The van der Waals surface area contributed by atoms with Crippen LogP contribution in [0.1, 0.15) is 95.5 Å². The summed E-state index contributed by atoms with van der Waals surface area (Å²) in [4.78, 5) is 0. The molecule has 0 aromatic heterocycles. The number of hydrogen-bond acceptors (Lipinski definition) is 1. The van der Waals surface area contributed by atoms with Crippen molar-refractivity contribution in [2.24, 2.45) is 0 Å². The number of hydrogen-bond donors (Lipinski definition) is 0. The summed E-state index contributed by atoms with van der Waals surface area (Å²) >= 11 is 0. The van der Waals surface area contributed by atoms with Crippen molar-refractivity contribution in [1.29, 1.82) is 0 Å². The van der Waals surface area contributed by atoms with Crippen LogP contribution < -0.4 is 4.74 Å². The van der Waals surface area contributed by atoms with Crippen molar-refractivity contribution < 1.29 is 44.3 Å². The topological polar surface area (TPSA) is 9.23 Å². The summed E-state index contributed by atoms with van der Waals surface area (Å²) in [5, 5.41) is 0. The molecule has 1 nitrogen and oxygen atoms in total. The molecule has 0 saturated heterocycles. The zero-order chi connectivity index (χ0) is 31.8. The summed E-state index contributed by atoms with van der Waals surface area (Å²) < 4.78 is 127. The van der Waals surface area contributed by atoms with Gasteiger partial charge >= 0.3 is 18.7 Å². The molecule has 0 aliphatic carbocycles. The second-order valence-corrected chi connectivity index (χ2v) is 11.1. The fourth-order valence-corrected chi connectivity index (χ4v) is 5.88. The number of para-hydroxylation sites is 1. The van der Waals surface area contributed by atoms with Gasteiger partial charge in [-0.3, -0.25) is 0 Å². The SMILES string of the molecule is Cc1ccc(CC(C)c2ccccc2OC(F)(F)F)c(C)c1C(C)Cc1ccc(C(F)(F)F)c(C(C)C)c1C(F)(F)F. The molecule has 0 bridgehead atoms. The fraction of sp³-hybridized carbons (Fsp3) is 0.438. The zero-order valence-electron chi connectivity index (χ0n) is 24.1. The van der Waals surface area contributed by atoms with Gasteiger partial charge in [0.15, 0.2) is 0 Å². The number of aryl methyl sites for hydroxylation is 1. The summed E-state index contributed by atoms with van der Waals surface area (Å²) in [7, 11) is 0. The molecule has 2 unspecified atom stereocenters. The van der Waals surface area contributed by atoms with Crippen LogP contribution in [0.15, 0.2) is 48.5 Å². The first-order chi connectivity index (χ1) is 19.2. The number of ether oxygens (including phenoxy) is 1. The van der Waals surface area contributed by atoms with Crippen molar-refractivity contribution in [3.63, 3.8) is 0 Å². The zero-order valence-corrected chi connectivity index (χ0v) is 24.1. The molecule has 0 N–H and O–H groups in total. The Labute approximate surface area is 239 Å². The standard InChI is InChI=1S/C32H33F9O/c1-17(2)27-25(30(33,34)35)14-13-23(29(27)31(36,37)38)16-20(5)28-18(3)11-12-22(21(28)6)15-19(4)24-9-7-8-10-26(24)42-32(39,40)41/h7-14,17,19-20H,15-16H2,1-6H3. The van der Waals surface area contributed by atoms with Gasteiger partial charge in [-0.25, -0.2) is 0 Å². The van der Waals surface area contributed by atoms with Crippen LogP contribution in [0.3, 0.4) is 0 Å². The molecule has 0 aliphatic rings. The molecule has 0 heterocycles. The lowest BCUT2D eigenvalue weighted by Gasteiger charge is -2.27. The molecular weight excluding hydrogens is 571 g/mol. The molecule has 3 aromatic rings. The summed E-state index contributed by atoms with van der Waals surface area (Å²) in [5.41, 5.74) is -0.0698. The van der Waals surface area contributed by atoms with Crippen LogP contribution in [0, 0.1) is 13.8 Å². The highest BCUT2D eigenvalue weighted by Gasteiger charge is 2.43. The Morgan fingerprint density at radius 2 is 1.21 bits per heavy atom. The molecule has 0 amide bonds. The van der Waals surface area contributed by atoms with Crippen LogP contribution in [0.25, 0.3) is 0 Å². The molecule has 0 radical (unpaired) electrons. The highest BCUT2D eigenvalue weighted by atomic mass is 19.4. The summed E-state index contributed by atoms with van der Waals surface area (Å²) in [6.07, 6.45) is -14.6. The highest BCUT2D eigenvalue weighted by molar-refractivity contribution is 5.49. The predicted octanol–water partition coefficient (Wildman–Crippen LogP) is 11.1. The van der Waals surface area contributed by atoms with Gasteiger partial charge in [-0.1, -0.05) is 64.1 Å². The lowest BCUT2D eigenvalue weighted by Crippen LogP contribution is -2.21. The van der Waals surface area contributed by atoms with Gasteiger partial charge in [0.1, 0.15) is 5.75 Å². The number of alkyl halides is 9. The monoisotopic (exact) mass is 604 g/mol. The van der Waals surface area contributed by atoms with E-state index in [1.54, 1.807) is 45.9 Å². The van der Waals surface area contributed by atoms with Crippen molar-refractivity contribution in [1.82, 2.24) is 0 Å². The van der Waals surface area contributed by atoms with Gasteiger partial charge in [-0.05, 0) is 95.5 Å². The van der Waals surface area contributed by atoms with Gasteiger partial charge in [-0.2, -0.15) is 26.3 Å². The van der Waals surface area contributed by atoms with Crippen LogP contribution in [-0.4, -0.2) is 6.36 Å². The van der Waals surface area contributed by atoms with Crippen molar-refractivity contribution in [2.75, 3.05) is 0 Å². The number of benzene rings is 3. The molecule has 10 heteroatoms. The Bertz CT molecular complexity index is 1400. The lowest BCUT2D eigenvalue weighted by molar-refractivity contribution is -0.275. The molecule has 230 valence electrons. The van der Waals surface area contributed by atoms with Crippen molar-refractivity contribution >= 4 is 0 Å². The van der Waals surface area contributed by atoms with Crippen LogP contribution in [-0.2, 0) is 25.2 Å². The van der Waals surface area contributed by atoms with E-state index in [1.807, 2.05) is 6.07 Å². The van der Waals surface area contributed by atoms with E-state index in [4.69, 9.17) is 0 Å². The maximum Gasteiger partial charge on any atom is 0.573 e. The first-order valence-electron chi connectivity index (χ1n) is 13.5. The van der Waals surface area contributed by atoms with Gasteiger partial charge in [0.05, 0.1) is 11.1 Å². The Morgan fingerprint density at radius 3 is 1.76 bits per heavy atom. The van der Waals surface area contributed by atoms with Gasteiger partial charge in [0, 0.05) is 0 Å². The fourth-order valence-electron chi connectivity index (χ4n) is 5.88.